The van der Waals surface area contributed by atoms with Gasteiger partial charge in [-0.1, -0.05) is 37.3 Å². The molecule has 0 radical (unpaired) electrons. The van der Waals surface area contributed by atoms with Gasteiger partial charge in [0.25, 0.3) is 0 Å². The summed E-state index contributed by atoms with van der Waals surface area (Å²) in [5, 5.41) is 3.50. The van der Waals surface area contributed by atoms with Crippen LogP contribution in [0.3, 0.4) is 0 Å². The largest absolute Gasteiger partial charge is 0.316 e. The molecule has 2 atom stereocenters. The molecule has 1 nitrogen and oxygen atoms in total. The predicted molar refractivity (Wildman–Crippen MR) is 60.5 cm³/mol. The summed E-state index contributed by atoms with van der Waals surface area (Å²) in [6.07, 6.45) is 2.61. The molecule has 0 aliphatic heterocycles. The Labute approximate surface area is 86.5 Å². The molecule has 1 aromatic carbocycles. The number of benzene rings is 1. The van der Waals surface area contributed by atoms with Crippen LogP contribution in [0.5, 0.6) is 0 Å². The van der Waals surface area contributed by atoms with Crippen LogP contribution in [-0.4, -0.2) is 13.1 Å². The second-order valence-corrected chi connectivity index (χ2v) is 4.22. The molecule has 0 bridgehead atoms. The van der Waals surface area contributed by atoms with E-state index in [1.807, 2.05) is 0 Å². The Morgan fingerprint density at radius 1 is 1.29 bits per heavy atom. The van der Waals surface area contributed by atoms with Crippen molar-refractivity contribution in [3.05, 3.63) is 35.9 Å². The fourth-order valence-corrected chi connectivity index (χ4v) is 2.05. The molecule has 1 heteroatoms. The van der Waals surface area contributed by atoms with Crippen LogP contribution in [0.25, 0.3) is 0 Å². The number of hydrogen-bond donors (Lipinski definition) is 1. The summed E-state index contributed by atoms with van der Waals surface area (Å²) in [5.41, 5.74) is 1.52. The molecule has 76 valence electrons. The van der Waals surface area contributed by atoms with Crippen molar-refractivity contribution in [2.75, 3.05) is 13.1 Å². The topological polar surface area (TPSA) is 12.0 Å². The van der Waals surface area contributed by atoms with E-state index in [0.717, 1.165) is 18.4 Å². The van der Waals surface area contributed by atoms with Crippen LogP contribution in [0.4, 0.5) is 0 Å². The summed E-state index contributed by atoms with van der Waals surface area (Å²) in [6, 6.07) is 10.9. The van der Waals surface area contributed by atoms with E-state index >= 15 is 0 Å². The van der Waals surface area contributed by atoms with E-state index in [-0.39, 0.29) is 0 Å². The van der Waals surface area contributed by atoms with Crippen molar-refractivity contribution in [1.29, 1.82) is 0 Å². The first kappa shape index (κ1) is 9.72. The third kappa shape index (κ3) is 2.36. The Morgan fingerprint density at radius 3 is 2.79 bits per heavy atom. The van der Waals surface area contributed by atoms with Crippen molar-refractivity contribution < 1.29 is 0 Å². The molecule has 1 N–H and O–H groups in total. The highest BCUT2D eigenvalue weighted by atomic mass is 14.9. The summed E-state index contributed by atoms with van der Waals surface area (Å²) in [5.74, 6) is 1.73. The van der Waals surface area contributed by atoms with Gasteiger partial charge in [0, 0.05) is 0 Å². The minimum absolute atomic E-state index is 0.834. The van der Waals surface area contributed by atoms with Gasteiger partial charge in [0.2, 0.25) is 0 Å². The molecule has 2 rings (SSSR count). The zero-order chi connectivity index (χ0) is 9.80. The van der Waals surface area contributed by atoms with E-state index in [1.165, 1.54) is 24.9 Å². The first-order valence-electron chi connectivity index (χ1n) is 5.67. The lowest BCUT2D eigenvalue weighted by molar-refractivity contribution is 0.620. The highest BCUT2D eigenvalue weighted by molar-refractivity contribution is 5.25. The zero-order valence-electron chi connectivity index (χ0n) is 8.87. The molecule has 14 heavy (non-hydrogen) atoms. The molecule has 1 aliphatic carbocycles. The molecule has 1 aromatic rings. The Hall–Kier alpha value is -0.820. The minimum Gasteiger partial charge on any atom is -0.316 e. The van der Waals surface area contributed by atoms with Gasteiger partial charge in [-0.05, 0) is 43.3 Å². The predicted octanol–water partition coefficient (Wildman–Crippen LogP) is 2.79. The number of hydrogen-bond acceptors (Lipinski definition) is 1. The van der Waals surface area contributed by atoms with Gasteiger partial charge >= 0.3 is 0 Å². The van der Waals surface area contributed by atoms with Crippen LogP contribution in [0.15, 0.2) is 30.3 Å². The van der Waals surface area contributed by atoms with Crippen LogP contribution >= 0.6 is 0 Å². The monoisotopic (exact) mass is 189 g/mol. The van der Waals surface area contributed by atoms with Gasteiger partial charge in [-0.2, -0.15) is 0 Å². The van der Waals surface area contributed by atoms with E-state index in [0.29, 0.717) is 0 Å². The van der Waals surface area contributed by atoms with E-state index in [2.05, 4.69) is 42.6 Å². The van der Waals surface area contributed by atoms with Gasteiger partial charge in [-0.3, -0.25) is 0 Å². The van der Waals surface area contributed by atoms with Crippen molar-refractivity contribution in [2.45, 2.75) is 25.7 Å². The highest BCUT2D eigenvalue weighted by Gasteiger charge is 2.37. The number of nitrogens with one attached hydrogen (secondary N) is 1. The van der Waals surface area contributed by atoms with Crippen molar-refractivity contribution in [2.24, 2.45) is 5.92 Å². The molecule has 0 spiro atoms. The molecule has 0 amide bonds. The highest BCUT2D eigenvalue weighted by Crippen LogP contribution is 2.46. The Kier molecular flexibility index (Phi) is 3.20. The lowest BCUT2D eigenvalue weighted by Crippen LogP contribution is -2.17. The van der Waals surface area contributed by atoms with Gasteiger partial charge < -0.3 is 5.32 Å². The Balaban J connectivity index is 1.76. The van der Waals surface area contributed by atoms with Gasteiger partial charge in [0.15, 0.2) is 0 Å². The van der Waals surface area contributed by atoms with Crippen LogP contribution in [0.2, 0.25) is 0 Å². The third-order valence-corrected chi connectivity index (χ3v) is 2.98. The average molecular weight is 189 g/mol. The standard InChI is InChI=1S/C13H19N/c1-2-8-14-10-12-9-13(12)11-6-4-3-5-7-11/h3-7,12-14H,2,8-10H2,1H3. The Morgan fingerprint density at radius 2 is 2.07 bits per heavy atom. The van der Waals surface area contributed by atoms with Crippen LogP contribution < -0.4 is 5.32 Å². The lowest BCUT2D eigenvalue weighted by atomic mass is 10.1. The molecule has 0 heterocycles. The van der Waals surface area contributed by atoms with E-state index in [9.17, 15) is 0 Å². The van der Waals surface area contributed by atoms with Crippen LogP contribution in [0, 0.1) is 5.92 Å². The molecule has 2 unspecified atom stereocenters. The molecule has 1 saturated carbocycles. The van der Waals surface area contributed by atoms with Gasteiger partial charge in [0.1, 0.15) is 0 Å². The maximum atomic E-state index is 3.50. The van der Waals surface area contributed by atoms with Crippen LogP contribution in [0.1, 0.15) is 31.2 Å². The van der Waals surface area contributed by atoms with Gasteiger partial charge in [-0.25, -0.2) is 0 Å². The molecular formula is C13H19N. The number of rotatable bonds is 5. The average Bonchev–Trinajstić information content (AvgIpc) is 2.99. The summed E-state index contributed by atoms with van der Waals surface area (Å²) in [6.45, 7) is 4.58. The third-order valence-electron chi connectivity index (χ3n) is 2.98. The quantitative estimate of drug-likeness (QED) is 0.702. The zero-order valence-corrected chi connectivity index (χ0v) is 8.87. The second kappa shape index (κ2) is 4.61. The van der Waals surface area contributed by atoms with Crippen molar-refractivity contribution in [3.63, 3.8) is 0 Å². The van der Waals surface area contributed by atoms with E-state index in [4.69, 9.17) is 0 Å². The summed E-state index contributed by atoms with van der Waals surface area (Å²) >= 11 is 0. The van der Waals surface area contributed by atoms with Crippen LogP contribution in [-0.2, 0) is 0 Å². The molecular weight excluding hydrogens is 170 g/mol. The normalized spacial score (nSPS) is 24.9. The van der Waals surface area contributed by atoms with E-state index < -0.39 is 0 Å². The molecule has 0 saturated heterocycles. The SMILES string of the molecule is CCCNCC1CC1c1ccccc1. The summed E-state index contributed by atoms with van der Waals surface area (Å²) in [4.78, 5) is 0. The first-order valence-corrected chi connectivity index (χ1v) is 5.67. The molecule has 1 aliphatic rings. The Bertz CT molecular complexity index is 268. The maximum Gasteiger partial charge on any atom is -0.00144 e. The second-order valence-electron chi connectivity index (χ2n) is 4.22. The van der Waals surface area contributed by atoms with Crippen molar-refractivity contribution in [1.82, 2.24) is 5.32 Å². The van der Waals surface area contributed by atoms with Crippen molar-refractivity contribution in [3.8, 4) is 0 Å². The smallest absolute Gasteiger partial charge is 0.00144 e. The molecule has 1 fully saturated rings. The summed E-state index contributed by atoms with van der Waals surface area (Å²) in [7, 11) is 0. The summed E-state index contributed by atoms with van der Waals surface area (Å²) < 4.78 is 0. The van der Waals surface area contributed by atoms with E-state index in [1.54, 1.807) is 0 Å². The fraction of sp³-hybridized carbons (Fsp3) is 0.538. The van der Waals surface area contributed by atoms with Gasteiger partial charge in [-0.15, -0.1) is 0 Å². The first-order chi connectivity index (χ1) is 6.92. The lowest BCUT2D eigenvalue weighted by Gasteiger charge is -2.02. The molecule has 0 aromatic heterocycles. The maximum absolute atomic E-state index is 3.50. The minimum atomic E-state index is 0.834. The van der Waals surface area contributed by atoms with Gasteiger partial charge in [0.05, 0.1) is 0 Å². The fourth-order valence-electron chi connectivity index (χ4n) is 2.05. The van der Waals surface area contributed by atoms with Crippen molar-refractivity contribution >= 4 is 0 Å².